The van der Waals surface area contributed by atoms with Crippen molar-refractivity contribution in [3.05, 3.63) is 54.0 Å². The van der Waals surface area contributed by atoms with E-state index < -0.39 is 14.6 Å². The molecule has 1 aromatic carbocycles. The number of amides is 1. The average molecular weight is 426 g/mol. The van der Waals surface area contributed by atoms with Crippen LogP contribution in [0.4, 0.5) is 0 Å². The number of aromatic nitrogens is 3. The Morgan fingerprint density at radius 3 is 2.87 bits per heavy atom. The Bertz CT molecular complexity index is 1200. The molecule has 1 atom stereocenters. The second-order valence-electron chi connectivity index (χ2n) is 8.09. The van der Waals surface area contributed by atoms with Crippen LogP contribution in [-0.4, -0.2) is 64.4 Å². The molecule has 8 nitrogen and oxygen atoms in total. The van der Waals surface area contributed by atoms with E-state index >= 15 is 0 Å². The van der Waals surface area contributed by atoms with Gasteiger partial charge in [0.2, 0.25) is 0 Å². The maximum Gasteiger partial charge on any atom is 0.316 e. The number of carbonyl (C=O) groups excluding carboxylic acids is 1. The molecule has 30 heavy (non-hydrogen) atoms. The third kappa shape index (κ3) is 2.96. The molecule has 2 aliphatic heterocycles. The van der Waals surface area contributed by atoms with Crippen LogP contribution in [0.25, 0.3) is 10.9 Å². The molecule has 2 aliphatic rings. The highest BCUT2D eigenvalue weighted by Crippen LogP contribution is 2.45. The molecule has 5 rings (SSSR count). The molecule has 1 spiro atoms. The van der Waals surface area contributed by atoms with E-state index in [4.69, 9.17) is 4.74 Å². The highest BCUT2D eigenvalue weighted by atomic mass is 32.2. The minimum Gasteiger partial charge on any atom is -0.463 e. The summed E-state index contributed by atoms with van der Waals surface area (Å²) >= 11 is 0. The molecular formula is C21H22N4O4S. The lowest BCUT2D eigenvalue weighted by molar-refractivity contribution is 0.0399. The molecule has 0 saturated carbocycles. The van der Waals surface area contributed by atoms with Crippen LogP contribution in [0.15, 0.2) is 42.6 Å². The largest absolute Gasteiger partial charge is 0.463 e. The number of ether oxygens (including phenoxy) is 1. The van der Waals surface area contributed by atoms with Gasteiger partial charge in [0.1, 0.15) is 10.4 Å². The summed E-state index contributed by atoms with van der Waals surface area (Å²) in [6.45, 7) is 2.44. The van der Waals surface area contributed by atoms with E-state index in [1.165, 1.54) is 0 Å². The number of likely N-dealkylation sites (tertiary alicyclic amines) is 1. The standard InChI is InChI=1S/C21H22N4O4S/c1-14-6-8-22-20(23-14)29-11-16-7-9-30(27,28)21(16)12-25(13-21)19(26)18-10-15-4-2-3-5-17(15)24-18/h2-6,8,10,16,24H,7,9,11-13H2,1H3/t16-/m1/s1. The lowest BCUT2D eigenvalue weighted by atomic mass is 9.83. The number of benzene rings is 1. The van der Waals surface area contributed by atoms with Crippen molar-refractivity contribution >= 4 is 26.6 Å². The smallest absolute Gasteiger partial charge is 0.316 e. The van der Waals surface area contributed by atoms with Gasteiger partial charge < -0.3 is 14.6 Å². The van der Waals surface area contributed by atoms with Crippen molar-refractivity contribution in [3.63, 3.8) is 0 Å². The molecule has 0 aliphatic carbocycles. The van der Waals surface area contributed by atoms with Gasteiger partial charge in [-0.3, -0.25) is 4.79 Å². The maximum atomic E-state index is 12.9. The summed E-state index contributed by atoms with van der Waals surface area (Å²) < 4.78 is 30.5. The zero-order chi connectivity index (χ0) is 20.9. The van der Waals surface area contributed by atoms with Crippen molar-refractivity contribution in [2.24, 2.45) is 5.92 Å². The van der Waals surface area contributed by atoms with E-state index in [0.29, 0.717) is 12.1 Å². The summed E-state index contributed by atoms with van der Waals surface area (Å²) in [4.78, 5) is 25.9. The summed E-state index contributed by atoms with van der Waals surface area (Å²) in [6, 6.07) is 11.5. The maximum absolute atomic E-state index is 12.9. The molecule has 0 radical (unpaired) electrons. The van der Waals surface area contributed by atoms with Crippen LogP contribution >= 0.6 is 0 Å². The van der Waals surface area contributed by atoms with Crippen LogP contribution in [0.3, 0.4) is 0 Å². The first-order valence-corrected chi connectivity index (χ1v) is 11.5. The Labute approximate surface area is 174 Å². The van der Waals surface area contributed by atoms with Gasteiger partial charge >= 0.3 is 6.01 Å². The van der Waals surface area contributed by atoms with Gasteiger partial charge in [0.05, 0.1) is 12.4 Å². The first-order valence-electron chi connectivity index (χ1n) is 9.90. The molecular weight excluding hydrogens is 404 g/mol. The highest BCUT2D eigenvalue weighted by Gasteiger charge is 2.62. The Morgan fingerprint density at radius 2 is 2.10 bits per heavy atom. The summed E-state index contributed by atoms with van der Waals surface area (Å²) in [5, 5.41) is 0.953. The molecule has 0 bridgehead atoms. The Balaban J connectivity index is 1.32. The number of aryl methyl sites for hydroxylation is 1. The van der Waals surface area contributed by atoms with E-state index in [-0.39, 0.29) is 43.3 Å². The van der Waals surface area contributed by atoms with Crippen LogP contribution in [0, 0.1) is 12.8 Å². The van der Waals surface area contributed by atoms with Gasteiger partial charge in [0.25, 0.3) is 5.91 Å². The number of nitrogens with one attached hydrogen (secondary N) is 1. The number of para-hydroxylation sites is 1. The van der Waals surface area contributed by atoms with Crippen molar-refractivity contribution in [1.29, 1.82) is 0 Å². The molecule has 2 aromatic heterocycles. The van der Waals surface area contributed by atoms with Crippen molar-refractivity contribution in [2.45, 2.75) is 18.1 Å². The average Bonchev–Trinajstić information content (AvgIpc) is 3.23. The van der Waals surface area contributed by atoms with E-state index in [1.54, 1.807) is 17.2 Å². The summed E-state index contributed by atoms with van der Waals surface area (Å²) in [7, 11) is -3.31. The Kier molecular flexibility index (Phi) is 4.32. The fraction of sp³-hybridized carbons (Fsp3) is 0.381. The zero-order valence-corrected chi connectivity index (χ0v) is 17.4. The molecule has 2 saturated heterocycles. The molecule has 9 heteroatoms. The van der Waals surface area contributed by atoms with Gasteiger partial charge in [-0.2, -0.15) is 0 Å². The van der Waals surface area contributed by atoms with Gasteiger partial charge in [-0.1, -0.05) is 18.2 Å². The summed E-state index contributed by atoms with van der Waals surface area (Å²) in [6.07, 6.45) is 2.13. The zero-order valence-electron chi connectivity index (χ0n) is 16.5. The number of hydrogen-bond donors (Lipinski definition) is 1. The molecule has 2 fully saturated rings. The number of aromatic amines is 1. The third-order valence-electron chi connectivity index (χ3n) is 6.25. The fourth-order valence-corrected chi connectivity index (χ4v) is 6.88. The topological polar surface area (TPSA) is 105 Å². The number of H-pyrrole nitrogens is 1. The minimum atomic E-state index is -3.31. The van der Waals surface area contributed by atoms with Gasteiger partial charge in [-0.15, -0.1) is 0 Å². The van der Waals surface area contributed by atoms with Crippen molar-refractivity contribution in [1.82, 2.24) is 19.9 Å². The van der Waals surface area contributed by atoms with Gasteiger partial charge in [-0.25, -0.2) is 18.4 Å². The number of hydrogen-bond acceptors (Lipinski definition) is 6. The quantitative estimate of drug-likeness (QED) is 0.684. The normalized spacial score (nSPS) is 21.6. The van der Waals surface area contributed by atoms with E-state index in [9.17, 15) is 13.2 Å². The third-order valence-corrected chi connectivity index (χ3v) is 8.85. The van der Waals surface area contributed by atoms with E-state index in [0.717, 1.165) is 16.6 Å². The Morgan fingerprint density at radius 1 is 1.30 bits per heavy atom. The summed E-state index contributed by atoms with van der Waals surface area (Å²) in [5.41, 5.74) is 2.14. The molecule has 0 unspecified atom stereocenters. The van der Waals surface area contributed by atoms with Crippen molar-refractivity contribution in [3.8, 4) is 6.01 Å². The number of fused-ring (bicyclic) bond motifs is 1. The molecule has 3 aromatic rings. The highest BCUT2D eigenvalue weighted by molar-refractivity contribution is 7.93. The van der Waals surface area contributed by atoms with Gasteiger partial charge in [-0.05, 0) is 31.5 Å². The Hall–Kier alpha value is -2.94. The first kappa shape index (κ1) is 19.0. The number of carbonyl (C=O) groups is 1. The van der Waals surface area contributed by atoms with Crippen LogP contribution in [0.2, 0.25) is 0 Å². The lowest BCUT2D eigenvalue weighted by Crippen LogP contribution is -2.69. The molecule has 156 valence electrons. The first-order chi connectivity index (χ1) is 14.4. The van der Waals surface area contributed by atoms with Gasteiger partial charge in [0.15, 0.2) is 9.84 Å². The second kappa shape index (κ2) is 6.80. The minimum absolute atomic E-state index is 0.115. The van der Waals surface area contributed by atoms with Crippen molar-refractivity contribution in [2.75, 3.05) is 25.4 Å². The predicted molar refractivity (Wildman–Crippen MR) is 111 cm³/mol. The van der Waals surface area contributed by atoms with E-state index in [1.807, 2.05) is 37.3 Å². The molecule has 4 heterocycles. The predicted octanol–water partition coefficient (Wildman–Crippen LogP) is 1.97. The lowest BCUT2D eigenvalue weighted by Gasteiger charge is -2.49. The number of sulfone groups is 1. The van der Waals surface area contributed by atoms with Gasteiger partial charge in [0, 0.05) is 41.8 Å². The van der Waals surface area contributed by atoms with Crippen LogP contribution < -0.4 is 4.74 Å². The summed E-state index contributed by atoms with van der Waals surface area (Å²) in [5.74, 6) is -0.261. The number of rotatable bonds is 4. The molecule has 1 amide bonds. The van der Waals surface area contributed by atoms with Crippen LogP contribution in [-0.2, 0) is 9.84 Å². The van der Waals surface area contributed by atoms with Crippen LogP contribution in [0.5, 0.6) is 6.01 Å². The number of nitrogens with zero attached hydrogens (tertiary/aromatic N) is 3. The fourth-order valence-electron chi connectivity index (χ4n) is 4.48. The molecule has 1 N–H and O–H groups in total. The van der Waals surface area contributed by atoms with Crippen molar-refractivity contribution < 1.29 is 17.9 Å². The van der Waals surface area contributed by atoms with E-state index in [2.05, 4.69) is 15.0 Å². The second-order valence-corrected chi connectivity index (χ2v) is 10.5. The van der Waals surface area contributed by atoms with Crippen LogP contribution in [0.1, 0.15) is 22.6 Å². The SMILES string of the molecule is Cc1ccnc(OC[C@H]2CCS(=O)(=O)C23CN(C(=O)c2cc4ccccc4[nH]2)C3)n1. The monoisotopic (exact) mass is 426 g/mol.